The SMILES string of the molecule is COc1ccc(C(O)c2cnn(C)c2C)c(F)c1. The van der Waals surface area contributed by atoms with Crippen molar-refractivity contribution in [3.63, 3.8) is 0 Å². The van der Waals surface area contributed by atoms with Gasteiger partial charge < -0.3 is 9.84 Å². The molecule has 5 heteroatoms. The smallest absolute Gasteiger partial charge is 0.133 e. The van der Waals surface area contributed by atoms with Gasteiger partial charge in [0.25, 0.3) is 0 Å². The molecule has 2 aromatic rings. The van der Waals surface area contributed by atoms with Crippen LogP contribution in [-0.4, -0.2) is 22.0 Å². The number of halogens is 1. The molecule has 96 valence electrons. The number of benzene rings is 1. The van der Waals surface area contributed by atoms with E-state index in [0.29, 0.717) is 11.3 Å². The average Bonchev–Trinajstić information content (AvgIpc) is 2.69. The number of ether oxygens (including phenoxy) is 1. The average molecular weight is 250 g/mol. The van der Waals surface area contributed by atoms with Crippen LogP contribution in [0.5, 0.6) is 5.75 Å². The summed E-state index contributed by atoms with van der Waals surface area (Å²) < 4.78 is 20.4. The van der Waals surface area contributed by atoms with E-state index in [0.717, 1.165) is 5.69 Å². The third kappa shape index (κ3) is 2.09. The Morgan fingerprint density at radius 2 is 2.11 bits per heavy atom. The molecule has 1 unspecified atom stereocenters. The second-order valence-corrected chi connectivity index (χ2v) is 4.10. The Morgan fingerprint density at radius 3 is 2.61 bits per heavy atom. The molecule has 1 aromatic carbocycles. The van der Waals surface area contributed by atoms with Crippen molar-refractivity contribution < 1.29 is 14.2 Å². The fraction of sp³-hybridized carbons (Fsp3) is 0.308. The first kappa shape index (κ1) is 12.6. The van der Waals surface area contributed by atoms with E-state index >= 15 is 0 Å². The number of aliphatic hydroxyl groups excluding tert-OH is 1. The summed E-state index contributed by atoms with van der Waals surface area (Å²) in [6.07, 6.45) is 0.522. The minimum absolute atomic E-state index is 0.215. The van der Waals surface area contributed by atoms with Gasteiger partial charge in [-0.2, -0.15) is 5.10 Å². The van der Waals surface area contributed by atoms with E-state index in [-0.39, 0.29) is 5.56 Å². The largest absolute Gasteiger partial charge is 0.497 e. The molecule has 4 nitrogen and oxygen atoms in total. The van der Waals surface area contributed by atoms with Gasteiger partial charge in [-0.25, -0.2) is 4.39 Å². The van der Waals surface area contributed by atoms with Crippen molar-refractivity contribution in [2.75, 3.05) is 7.11 Å². The maximum absolute atomic E-state index is 13.8. The maximum Gasteiger partial charge on any atom is 0.133 e. The van der Waals surface area contributed by atoms with E-state index < -0.39 is 11.9 Å². The molecule has 0 saturated heterocycles. The van der Waals surface area contributed by atoms with Gasteiger partial charge in [0.2, 0.25) is 0 Å². The van der Waals surface area contributed by atoms with Gasteiger partial charge in [-0.15, -0.1) is 0 Å². The quantitative estimate of drug-likeness (QED) is 0.905. The molecule has 18 heavy (non-hydrogen) atoms. The van der Waals surface area contributed by atoms with Crippen molar-refractivity contribution >= 4 is 0 Å². The lowest BCUT2D eigenvalue weighted by Crippen LogP contribution is -2.04. The van der Waals surface area contributed by atoms with Crippen molar-refractivity contribution in [1.29, 1.82) is 0 Å². The highest BCUT2D eigenvalue weighted by atomic mass is 19.1. The van der Waals surface area contributed by atoms with Crippen molar-refractivity contribution in [2.45, 2.75) is 13.0 Å². The normalized spacial score (nSPS) is 12.5. The van der Waals surface area contributed by atoms with Crippen LogP contribution in [0.4, 0.5) is 4.39 Å². The molecule has 1 N–H and O–H groups in total. The number of rotatable bonds is 3. The Balaban J connectivity index is 2.40. The van der Waals surface area contributed by atoms with Crippen LogP contribution >= 0.6 is 0 Å². The van der Waals surface area contributed by atoms with E-state index in [2.05, 4.69) is 5.10 Å². The van der Waals surface area contributed by atoms with Crippen molar-refractivity contribution in [3.05, 3.63) is 47.0 Å². The van der Waals surface area contributed by atoms with Crippen molar-refractivity contribution in [1.82, 2.24) is 9.78 Å². The highest BCUT2D eigenvalue weighted by Crippen LogP contribution is 2.28. The predicted molar refractivity (Wildman–Crippen MR) is 65.0 cm³/mol. The number of hydrogen-bond donors (Lipinski definition) is 1. The minimum atomic E-state index is -1.02. The van der Waals surface area contributed by atoms with Crippen LogP contribution in [0.1, 0.15) is 22.9 Å². The van der Waals surface area contributed by atoms with Gasteiger partial charge in [0.05, 0.1) is 13.3 Å². The summed E-state index contributed by atoms with van der Waals surface area (Å²) >= 11 is 0. The molecule has 1 aromatic heterocycles. The number of aromatic nitrogens is 2. The molecule has 0 saturated carbocycles. The fourth-order valence-corrected chi connectivity index (χ4v) is 1.81. The molecule has 0 aliphatic carbocycles. The molecule has 0 fully saturated rings. The second kappa shape index (κ2) is 4.78. The fourth-order valence-electron chi connectivity index (χ4n) is 1.81. The van der Waals surface area contributed by atoms with Crippen molar-refractivity contribution in [3.8, 4) is 5.75 Å². The van der Waals surface area contributed by atoms with E-state index in [1.54, 1.807) is 24.0 Å². The number of aryl methyl sites for hydroxylation is 1. The van der Waals surface area contributed by atoms with Gasteiger partial charge >= 0.3 is 0 Å². The highest BCUT2D eigenvalue weighted by molar-refractivity contribution is 5.36. The number of nitrogens with zero attached hydrogens (tertiary/aromatic N) is 2. The first-order valence-corrected chi connectivity index (χ1v) is 5.54. The monoisotopic (exact) mass is 250 g/mol. The molecule has 0 spiro atoms. The lowest BCUT2D eigenvalue weighted by Gasteiger charge is -2.12. The summed E-state index contributed by atoms with van der Waals surface area (Å²) in [7, 11) is 3.24. The maximum atomic E-state index is 13.8. The Labute approximate surface area is 105 Å². The highest BCUT2D eigenvalue weighted by Gasteiger charge is 2.19. The molecule has 0 radical (unpaired) electrons. The van der Waals surface area contributed by atoms with Gasteiger partial charge in [-0.1, -0.05) is 0 Å². The molecular weight excluding hydrogens is 235 g/mol. The predicted octanol–water partition coefficient (Wildman–Crippen LogP) is 1.96. The van der Waals surface area contributed by atoms with E-state index in [9.17, 15) is 9.50 Å². The third-order valence-corrected chi connectivity index (χ3v) is 3.07. The molecule has 0 amide bonds. The summed E-state index contributed by atoms with van der Waals surface area (Å²) in [5.74, 6) is -0.0727. The van der Waals surface area contributed by atoms with Gasteiger partial charge in [0.15, 0.2) is 0 Å². The van der Waals surface area contributed by atoms with Crippen molar-refractivity contribution in [2.24, 2.45) is 7.05 Å². The van der Waals surface area contributed by atoms with Crippen LogP contribution in [0.2, 0.25) is 0 Å². The van der Waals surface area contributed by atoms with Crippen LogP contribution in [0, 0.1) is 12.7 Å². The molecule has 1 atom stereocenters. The Bertz CT molecular complexity index is 566. The lowest BCUT2D eigenvalue weighted by molar-refractivity contribution is 0.214. The first-order valence-electron chi connectivity index (χ1n) is 5.54. The van der Waals surface area contributed by atoms with Crippen LogP contribution in [0.3, 0.4) is 0 Å². The van der Waals surface area contributed by atoms with E-state index in [4.69, 9.17) is 4.74 Å². The lowest BCUT2D eigenvalue weighted by atomic mass is 10.0. The molecule has 0 bridgehead atoms. The molecular formula is C13H15FN2O2. The summed E-state index contributed by atoms with van der Waals surface area (Å²) in [6.45, 7) is 1.83. The zero-order valence-electron chi connectivity index (χ0n) is 10.5. The topological polar surface area (TPSA) is 47.3 Å². The van der Waals surface area contributed by atoms with Crippen LogP contribution in [-0.2, 0) is 7.05 Å². The van der Waals surface area contributed by atoms with Gasteiger partial charge in [-0.3, -0.25) is 4.68 Å². The second-order valence-electron chi connectivity index (χ2n) is 4.10. The molecule has 2 rings (SSSR count). The zero-order chi connectivity index (χ0) is 13.3. The Hall–Kier alpha value is -1.88. The Morgan fingerprint density at radius 1 is 1.39 bits per heavy atom. The number of aliphatic hydroxyl groups is 1. The molecule has 1 heterocycles. The van der Waals surface area contributed by atoms with Gasteiger partial charge in [0.1, 0.15) is 17.7 Å². The first-order chi connectivity index (χ1) is 8.54. The van der Waals surface area contributed by atoms with Gasteiger partial charge in [-0.05, 0) is 19.1 Å². The summed E-state index contributed by atoms with van der Waals surface area (Å²) in [5.41, 5.74) is 1.62. The molecule has 0 aliphatic heterocycles. The minimum Gasteiger partial charge on any atom is -0.497 e. The number of methoxy groups -OCH3 is 1. The summed E-state index contributed by atoms with van der Waals surface area (Å²) in [4.78, 5) is 0. The summed E-state index contributed by atoms with van der Waals surface area (Å²) in [5, 5.41) is 14.2. The van der Waals surface area contributed by atoms with Crippen LogP contribution in [0.25, 0.3) is 0 Å². The standard InChI is InChI=1S/C13H15FN2O2/c1-8-11(7-15-16(8)2)13(17)10-5-4-9(18-3)6-12(10)14/h4-7,13,17H,1-3H3. The summed E-state index contributed by atoms with van der Waals surface area (Å²) in [6, 6.07) is 4.39. The number of hydrogen-bond acceptors (Lipinski definition) is 3. The van der Waals surface area contributed by atoms with E-state index in [1.165, 1.54) is 19.2 Å². The van der Waals surface area contributed by atoms with Crippen LogP contribution < -0.4 is 4.74 Å². The molecule has 0 aliphatic rings. The van der Waals surface area contributed by atoms with E-state index in [1.807, 2.05) is 6.92 Å². The Kier molecular flexibility index (Phi) is 3.34. The van der Waals surface area contributed by atoms with Gasteiger partial charge in [0, 0.05) is 29.9 Å². The zero-order valence-corrected chi connectivity index (χ0v) is 10.5. The third-order valence-electron chi connectivity index (χ3n) is 3.07. The van der Waals surface area contributed by atoms with Crippen LogP contribution in [0.15, 0.2) is 24.4 Å².